The number of ketones is 1. The monoisotopic (exact) mass is 510 g/mol. The van der Waals surface area contributed by atoms with E-state index >= 15 is 0 Å². The largest absolute Gasteiger partial charge is 0.473 e. The van der Waals surface area contributed by atoms with Gasteiger partial charge in [0.05, 0.1) is 6.10 Å². The van der Waals surface area contributed by atoms with Crippen molar-refractivity contribution >= 4 is 23.9 Å². The molecule has 9 nitrogen and oxygen atoms in total. The summed E-state index contributed by atoms with van der Waals surface area (Å²) in [4.78, 5) is 39.1. The van der Waals surface area contributed by atoms with Crippen molar-refractivity contribution in [3.05, 3.63) is 0 Å². The highest BCUT2D eigenvalue weighted by atomic mass is 16.6. The first-order valence-electron chi connectivity index (χ1n) is 13.3. The van der Waals surface area contributed by atoms with Gasteiger partial charge in [-0.15, -0.1) is 0 Å². The standard InChI is InChI=1S/C25H44N2O3.C2H2O4/c1-6-11-24(2)12-9-21-20(23(24)29)8-7-19-16-22(28)18(17-25(19,21)3)10-13-26-30-15-14-27(4)5;3-1(4)2(5)6/h13,18-22,28H,6-12,14-17H2,1-5H3;(H,3,4)(H,5,6)/b26-13-;/t18?,19-,20-,21+,22-,24+,25+;/m1./s1. The molecule has 9 heteroatoms. The number of nitrogens with zero attached hydrogens (tertiary/aromatic N) is 2. The predicted octanol–water partition coefficient (Wildman–Crippen LogP) is 3.69. The summed E-state index contributed by atoms with van der Waals surface area (Å²) in [6, 6.07) is 0. The zero-order chi connectivity index (χ0) is 27.1. The van der Waals surface area contributed by atoms with Gasteiger partial charge in [-0.2, -0.15) is 0 Å². The van der Waals surface area contributed by atoms with E-state index in [0.29, 0.717) is 24.2 Å². The predicted molar refractivity (Wildman–Crippen MR) is 137 cm³/mol. The molecule has 0 heterocycles. The number of rotatable bonds is 8. The van der Waals surface area contributed by atoms with Gasteiger partial charge in [0.1, 0.15) is 12.4 Å². The fourth-order valence-electron chi connectivity index (χ4n) is 7.00. The van der Waals surface area contributed by atoms with Crippen molar-refractivity contribution in [3.63, 3.8) is 0 Å². The first-order valence-corrected chi connectivity index (χ1v) is 13.3. The van der Waals surface area contributed by atoms with Gasteiger partial charge in [0, 0.05) is 24.1 Å². The summed E-state index contributed by atoms with van der Waals surface area (Å²) in [5.74, 6) is -1.64. The molecule has 0 saturated heterocycles. The minimum absolute atomic E-state index is 0.108. The van der Waals surface area contributed by atoms with Crippen molar-refractivity contribution in [2.75, 3.05) is 27.2 Å². The highest BCUT2D eigenvalue weighted by Gasteiger charge is 2.57. The second-order valence-electron chi connectivity index (χ2n) is 11.7. The van der Waals surface area contributed by atoms with Gasteiger partial charge in [0.2, 0.25) is 0 Å². The number of carboxylic acid groups (broad SMARTS) is 2. The second-order valence-corrected chi connectivity index (χ2v) is 11.7. The number of hydrogen-bond donors (Lipinski definition) is 3. The van der Waals surface area contributed by atoms with Crippen LogP contribution in [0.15, 0.2) is 5.16 Å². The molecule has 3 aliphatic carbocycles. The first-order chi connectivity index (χ1) is 16.9. The molecule has 0 bridgehead atoms. The summed E-state index contributed by atoms with van der Waals surface area (Å²) in [6.07, 6.45) is 10.7. The lowest BCUT2D eigenvalue weighted by molar-refractivity contribution is -0.159. The Labute approximate surface area is 215 Å². The number of carboxylic acids is 2. The van der Waals surface area contributed by atoms with Gasteiger partial charge in [-0.25, -0.2) is 9.59 Å². The van der Waals surface area contributed by atoms with Gasteiger partial charge in [0.25, 0.3) is 0 Å². The molecule has 0 aromatic heterocycles. The number of aliphatic hydroxyl groups excluding tert-OH is 1. The molecule has 3 saturated carbocycles. The molecule has 3 rings (SSSR count). The third kappa shape index (κ3) is 7.28. The van der Waals surface area contributed by atoms with Crippen molar-refractivity contribution < 1.29 is 34.5 Å². The van der Waals surface area contributed by atoms with Gasteiger partial charge in [-0.05, 0) is 88.6 Å². The van der Waals surface area contributed by atoms with Crippen molar-refractivity contribution in [3.8, 4) is 0 Å². The Balaban J connectivity index is 0.000000678. The molecule has 3 aliphatic rings. The lowest BCUT2D eigenvalue weighted by atomic mass is 9.45. The average molecular weight is 511 g/mol. The van der Waals surface area contributed by atoms with Gasteiger partial charge in [-0.1, -0.05) is 32.3 Å². The Morgan fingerprint density at radius 1 is 1.17 bits per heavy atom. The van der Waals surface area contributed by atoms with E-state index in [9.17, 15) is 9.90 Å². The Hall–Kier alpha value is -2.00. The molecular weight excluding hydrogens is 464 g/mol. The first kappa shape index (κ1) is 30.2. The average Bonchev–Trinajstić information content (AvgIpc) is 2.79. The summed E-state index contributed by atoms with van der Waals surface area (Å²) in [5.41, 5.74) is 0.0545. The summed E-state index contributed by atoms with van der Waals surface area (Å²) in [7, 11) is 4.03. The minimum atomic E-state index is -1.82. The summed E-state index contributed by atoms with van der Waals surface area (Å²) >= 11 is 0. The van der Waals surface area contributed by atoms with Crippen LogP contribution in [0.25, 0.3) is 0 Å². The molecule has 0 aromatic rings. The third-order valence-electron chi connectivity index (χ3n) is 8.97. The summed E-state index contributed by atoms with van der Waals surface area (Å²) in [6.45, 7) is 8.26. The van der Waals surface area contributed by atoms with Crippen LogP contribution in [-0.4, -0.2) is 77.5 Å². The molecule has 0 amide bonds. The maximum absolute atomic E-state index is 13.5. The lowest BCUT2D eigenvalue weighted by Crippen LogP contribution is -2.56. The van der Waals surface area contributed by atoms with Gasteiger partial charge < -0.3 is 25.1 Å². The molecule has 1 unspecified atom stereocenters. The highest BCUT2D eigenvalue weighted by molar-refractivity contribution is 6.27. The van der Waals surface area contributed by atoms with E-state index in [-0.39, 0.29) is 28.8 Å². The van der Waals surface area contributed by atoms with Crippen molar-refractivity contribution in [2.24, 2.45) is 39.7 Å². The minimum Gasteiger partial charge on any atom is -0.473 e. The van der Waals surface area contributed by atoms with Crippen LogP contribution in [0.1, 0.15) is 78.6 Å². The van der Waals surface area contributed by atoms with Crippen molar-refractivity contribution in [1.29, 1.82) is 0 Å². The number of Topliss-reactive ketones (excluding diaryl/α,β-unsaturated/α-hetero) is 1. The number of fused-ring (bicyclic) bond motifs is 3. The maximum atomic E-state index is 13.5. The molecule has 206 valence electrons. The molecule has 0 radical (unpaired) electrons. The molecule has 3 fully saturated rings. The second kappa shape index (κ2) is 13.0. The van der Waals surface area contributed by atoms with Gasteiger partial charge in [-0.3, -0.25) is 4.79 Å². The van der Waals surface area contributed by atoms with Crippen LogP contribution in [0.3, 0.4) is 0 Å². The topological polar surface area (TPSA) is 137 Å². The molecule has 7 atom stereocenters. The van der Waals surface area contributed by atoms with Crippen LogP contribution in [0, 0.1) is 34.5 Å². The molecule has 36 heavy (non-hydrogen) atoms. The van der Waals surface area contributed by atoms with E-state index in [1.165, 1.54) is 6.42 Å². The summed E-state index contributed by atoms with van der Waals surface area (Å²) < 4.78 is 0. The fraction of sp³-hybridized carbons (Fsp3) is 0.852. The number of aliphatic hydroxyl groups is 1. The normalized spacial score (nSPS) is 36.0. The van der Waals surface area contributed by atoms with Crippen LogP contribution in [0.2, 0.25) is 0 Å². The van der Waals surface area contributed by atoms with E-state index < -0.39 is 11.9 Å². The highest BCUT2D eigenvalue weighted by Crippen LogP contribution is 2.61. The number of hydrogen-bond acceptors (Lipinski definition) is 7. The fourth-order valence-corrected chi connectivity index (χ4v) is 7.00. The lowest BCUT2D eigenvalue weighted by Gasteiger charge is -2.59. The number of likely N-dealkylation sites (N-methyl/N-ethyl adjacent to an activating group) is 1. The number of carbonyl (C=O) groups excluding carboxylic acids is 1. The number of carbonyl (C=O) groups is 3. The molecule has 0 spiro atoms. The number of aliphatic carboxylic acids is 2. The third-order valence-corrected chi connectivity index (χ3v) is 8.97. The zero-order valence-corrected chi connectivity index (χ0v) is 22.6. The van der Waals surface area contributed by atoms with E-state index in [4.69, 9.17) is 24.6 Å². The van der Waals surface area contributed by atoms with Crippen LogP contribution < -0.4 is 0 Å². The zero-order valence-electron chi connectivity index (χ0n) is 22.6. The number of oxime groups is 1. The van der Waals surface area contributed by atoms with E-state index in [1.54, 1.807) is 0 Å². The van der Waals surface area contributed by atoms with Gasteiger partial charge >= 0.3 is 11.9 Å². The smallest absolute Gasteiger partial charge is 0.414 e. The van der Waals surface area contributed by atoms with E-state index in [0.717, 1.165) is 57.9 Å². The van der Waals surface area contributed by atoms with E-state index in [1.807, 2.05) is 20.3 Å². The Bertz CT molecular complexity index is 789. The van der Waals surface area contributed by atoms with Crippen LogP contribution in [0.4, 0.5) is 0 Å². The van der Waals surface area contributed by atoms with Gasteiger partial charge in [0.15, 0.2) is 0 Å². The van der Waals surface area contributed by atoms with Crippen LogP contribution >= 0.6 is 0 Å². The molecule has 0 aliphatic heterocycles. The van der Waals surface area contributed by atoms with Crippen molar-refractivity contribution in [2.45, 2.75) is 84.7 Å². The van der Waals surface area contributed by atoms with Crippen molar-refractivity contribution in [1.82, 2.24) is 4.90 Å². The van der Waals surface area contributed by atoms with Crippen LogP contribution in [0.5, 0.6) is 0 Å². The Morgan fingerprint density at radius 3 is 2.42 bits per heavy atom. The Kier molecular flexibility index (Phi) is 10.9. The summed E-state index contributed by atoms with van der Waals surface area (Å²) in [5, 5.41) is 29.7. The molecule has 0 aromatic carbocycles. The SMILES string of the molecule is CCC[C@@]1(C)CC[C@H]2[C@@H](CC[C@@H]3C[C@@H](O)C(C/C=N\OCCN(C)C)C[C@@]32C)C1=O.O=C(O)C(=O)O. The Morgan fingerprint density at radius 2 is 1.83 bits per heavy atom. The van der Waals surface area contributed by atoms with E-state index in [2.05, 4.69) is 30.8 Å². The molecular formula is C27H46N2O7. The quantitative estimate of drug-likeness (QED) is 0.195. The molecule has 3 N–H and O–H groups in total. The van der Waals surface area contributed by atoms with Crippen LogP contribution in [-0.2, 0) is 19.2 Å². The maximum Gasteiger partial charge on any atom is 0.414 e.